The van der Waals surface area contributed by atoms with Gasteiger partial charge in [0.25, 0.3) is 0 Å². The molecule has 2 N–H and O–H groups in total. The van der Waals surface area contributed by atoms with Gasteiger partial charge >= 0.3 is 0 Å². The number of nitrogens with two attached hydrogens (primary N) is 1. The van der Waals surface area contributed by atoms with E-state index < -0.39 is 0 Å². The van der Waals surface area contributed by atoms with E-state index in [1.165, 1.54) is 6.33 Å². The highest BCUT2D eigenvalue weighted by atomic mass is 16.5. The van der Waals surface area contributed by atoms with Gasteiger partial charge in [0.05, 0.1) is 27.0 Å². The third-order valence-corrected chi connectivity index (χ3v) is 2.65. The Hall–Kier alpha value is -2.50. The Kier molecular flexibility index (Phi) is 3.70. The van der Waals surface area contributed by atoms with Crippen LogP contribution in [0.15, 0.2) is 24.5 Å². The molecule has 0 unspecified atom stereocenters. The number of benzene rings is 1. The van der Waals surface area contributed by atoms with Crippen molar-refractivity contribution in [1.29, 1.82) is 0 Å². The quantitative estimate of drug-likeness (QED) is 0.903. The minimum Gasteiger partial charge on any atom is -0.493 e. The Morgan fingerprint density at radius 1 is 0.895 bits per heavy atom. The fourth-order valence-corrected chi connectivity index (χ4v) is 1.76. The van der Waals surface area contributed by atoms with Crippen molar-refractivity contribution in [3.63, 3.8) is 0 Å². The van der Waals surface area contributed by atoms with Gasteiger partial charge in [-0.2, -0.15) is 0 Å². The Morgan fingerprint density at radius 3 is 2.00 bits per heavy atom. The summed E-state index contributed by atoms with van der Waals surface area (Å²) in [7, 11) is 4.69. The SMILES string of the molecule is COc1cc(-c2cc(N)ncn2)cc(OC)c1OC. The molecule has 0 bridgehead atoms. The van der Waals surface area contributed by atoms with Crippen LogP contribution in [0.5, 0.6) is 17.2 Å². The first-order valence-electron chi connectivity index (χ1n) is 5.57. The van der Waals surface area contributed by atoms with E-state index in [1.54, 1.807) is 27.4 Å². The fourth-order valence-electron chi connectivity index (χ4n) is 1.76. The van der Waals surface area contributed by atoms with Gasteiger partial charge in [0.2, 0.25) is 5.75 Å². The van der Waals surface area contributed by atoms with Crippen LogP contribution in [0, 0.1) is 0 Å². The summed E-state index contributed by atoms with van der Waals surface area (Å²) in [6, 6.07) is 5.30. The van der Waals surface area contributed by atoms with E-state index in [0.29, 0.717) is 28.8 Å². The molecule has 0 fully saturated rings. The molecule has 0 aliphatic heterocycles. The molecule has 1 aromatic heterocycles. The summed E-state index contributed by atoms with van der Waals surface area (Å²) in [5.41, 5.74) is 7.15. The van der Waals surface area contributed by atoms with Crippen LogP contribution >= 0.6 is 0 Å². The van der Waals surface area contributed by atoms with Gasteiger partial charge in [0, 0.05) is 11.6 Å². The average Bonchev–Trinajstić information content (AvgIpc) is 2.45. The molecule has 0 aliphatic carbocycles. The Balaban J connectivity index is 2.59. The summed E-state index contributed by atoms with van der Waals surface area (Å²) < 4.78 is 15.8. The van der Waals surface area contributed by atoms with Gasteiger partial charge < -0.3 is 19.9 Å². The standard InChI is InChI=1S/C13H15N3O3/c1-17-10-4-8(5-11(18-2)13(10)19-3)9-6-12(14)16-7-15-9/h4-7H,1-3H3,(H2,14,15,16). The highest BCUT2D eigenvalue weighted by Crippen LogP contribution is 2.40. The third-order valence-electron chi connectivity index (χ3n) is 2.65. The van der Waals surface area contributed by atoms with Crippen LogP contribution in [0.3, 0.4) is 0 Å². The molecule has 0 saturated carbocycles. The summed E-state index contributed by atoms with van der Waals surface area (Å²) in [5.74, 6) is 2.07. The van der Waals surface area contributed by atoms with Crippen LogP contribution in [0.1, 0.15) is 0 Å². The van der Waals surface area contributed by atoms with Gasteiger partial charge in [-0.05, 0) is 12.1 Å². The molecule has 0 atom stereocenters. The second kappa shape index (κ2) is 5.43. The predicted molar refractivity (Wildman–Crippen MR) is 71.5 cm³/mol. The van der Waals surface area contributed by atoms with Crippen LogP contribution in [0.4, 0.5) is 5.82 Å². The molecular formula is C13H15N3O3. The first kappa shape index (κ1) is 12.9. The topological polar surface area (TPSA) is 79.5 Å². The maximum absolute atomic E-state index is 5.65. The summed E-state index contributed by atoms with van der Waals surface area (Å²) in [6.45, 7) is 0. The largest absolute Gasteiger partial charge is 0.493 e. The minimum atomic E-state index is 0.402. The molecule has 0 saturated heterocycles. The van der Waals surface area contributed by atoms with Crippen molar-refractivity contribution >= 4 is 5.82 Å². The van der Waals surface area contributed by atoms with Crippen LogP contribution in [0.25, 0.3) is 11.3 Å². The highest BCUT2D eigenvalue weighted by Gasteiger charge is 2.14. The maximum atomic E-state index is 5.65. The van der Waals surface area contributed by atoms with Crippen molar-refractivity contribution in [3.05, 3.63) is 24.5 Å². The molecule has 0 amide bonds. The van der Waals surface area contributed by atoms with E-state index in [9.17, 15) is 0 Å². The Morgan fingerprint density at radius 2 is 1.53 bits per heavy atom. The lowest BCUT2D eigenvalue weighted by molar-refractivity contribution is 0.324. The molecule has 6 heteroatoms. The van der Waals surface area contributed by atoms with E-state index in [2.05, 4.69) is 9.97 Å². The van der Waals surface area contributed by atoms with Gasteiger partial charge in [0.15, 0.2) is 11.5 Å². The lowest BCUT2D eigenvalue weighted by Gasteiger charge is -2.13. The normalized spacial score (nSPS) is 10.1. The molecule has 100 valence electrons. The van der Waals surface area contributed by atoms with Gasteiger partial charge in [-0.25, -0.2) is 9.97 Å². The van der Waals surface area contributed by atoms with E-state index in [4.69, 9.17) is 19.9 Å². The smallest absolute Gasteiger partial charge is 0.203 e. The summed E-state index contributed by atoms with van der Waals surface area (Å²) >= 11 is 0. The molecule has 1 heterocycles. The Labute approximate surface area is 111 Å². The van der Waals surface area contributed by atoms with E-state index >= 15 is 0 Å². The monoisotopic (exact) mass is 261 g/mol. The zero-order valence-corrected chi connectivity index (χ0v) is 11.0. The van der Waals surface area contributed by atoms with E-state index in [0.717, 1.165) is 5.56 Å². The molecule has 2 aromatic rings. The number of hydrogen-bond acceptors (Lipinski definition) is 6. The first-order valence-corrected chi connectivity index (χ1v) is 5.57. The van der Waals surface area contributed by atoms with Gasteiger partial charge in [-0.3, -0.25) is 0 Å². The summed E-state index contributed by atoms with van der Waals surface area (Å²) in [5, 5.41) is 0. The molecule has 0 spiro atoms. The highest BCUT2D eigenvalue weighted by molar-refractivity contribution is 5.69. The predicted octanol–water partition coefficient (Wildman–Crippen LogP) is 1.75. The molecule has 2 rings (SSSR count). The van der Waals surface area contributed by atoms with Crippen molar-refractivity contribution in [2.45, 2.75) is 0 Å². The second-order valence-corrected chi connectivity index (χ2v) is 3.74. The number of nitrogens with zero attached hydrogens (tertiary/aromatic N) is 2. The number of aromatic nitrogens is 2. The maximum Gasteiger partial charge on any atom is 0.203 e. The van der Waals surface area contributed by atoms with Gasteiger partial charge in [-0.1, -0.05) is 0 Å². The van der Waals surface area contributed by atoms with Crippen molar-refractivity contribution in [2.75, 3.05) is 27.1 Å². The second-order valence-electron chi connectivity index (χ2n) is 3.74. The lowest BCUT2D eigenvalue weighted by Crippen LogP contribution is -1.97. The van der Waals surface area contributed by atoms with Crippen molar-refractivity contribution in [1.82, 2.24) is 9.97 Å². The fraction of sp³-hybridized carbons (Fsp3) is 0.231. The summed E-state index contributed by atoms with van der Waals surface area (Å²) in [6.07, 6.45) is 1.41. The van der Waals surface area contributed by atoms with Crippen LogP contribution in [-0.2, 0) is 0 Å². The number of rotatable bonds is 4. The van der Waals surface area contributed by atoms with Gasteiger partial charge in [0.1, 0.15) is 12.1 Å². The minimum absolute atomic E-state index is 0.402. The van der Waals surface area contributed by atoms with E-state index in [-0.39, 0.29) is 0 Å². The average molecular weight is 261 g/mol. The Bertz CT molecular complexity index is 562. The first-order chi connectivity index (χ1) is 9.19. The van der Waals surface area contributed by atoms with Crippen molar-refractivity contribution in [3.8, 4) is 28.5 Å². The van der Waals surface area contributed by atoms with Crippen molar-refractivity contribution < 1.29 is 14.2 Å². The van der Waals surface area contributed by atoms with Crippen LogP contribution in [-0.4, -0.2) is 31.3 Å². The molecule has 19 heavy (non-hydrogen) atoms. The molecule has 1 aromatic carbocycles. The number of nitrogen functional groups attached to an aromatic ring is 1. The molecule has 0 aliphatic rings. The number of ether oxygens (including phenoxy) is 3. The van der Waals surface area contributed by atoms with Crippen LogP contribution < -0.4 is 19.9 Å². The molecule has 0 radical (unpaired) electrons. The van der Waals surface area contributed by atoms with Gasteiger partial charge in [-0.15, -0.1) is 0 Å². The zero-order chi connectivity index (χ0) is 13.8. The number of anilines is 1. The number of hydrogen-bond donors (Lipinski definition) is 1. The van der Waals surface area contributed by atoms with Crippen molar-refractivity contribution in [2.24, 2.45) is 0 Å². The third kappa shape index (κ3) is 2.52. The molecular weight excluding hydrogens is 246 g/mol. The van der Waals surface area contributed by atoms with E-state index in [1.807, 2.05) is 12.1 Å². The number of methoxy groups -OCH3 is 3. The zero-order valence-electron chi connectivity index (χ0n) is 11.0. The van der Waals surface area contributed by atoms with Crippen LogP contribution in [0.2, 0.25) is 0 Å². The molecule has 6 nitrogen and oxygen atoms in total. The lowest BCUT2D eigenvalue weighted by atomic mass is 10.1. The summed E-state index contributed by atoms with van der Waals surface area (Å²) in [4.78, 5) is 8.04.